The maximum Gasteiger partial charge on any atom is 0.244 e. The Morgan fingerprint density at radius 2 is 2.03 bits per heavy atom. The van der Waals surface area contributed by atoms with Gasteiger partial charge in [-0.15, -0.1) is 0 Å². The van der Waals surface area contributed by atoms with Gasteiger partial charge in [-0.3, -0.25) is 9.48 Å². The summed E-state index contributed by atoms with van der Waals surface area (Å²) in [5.74, 6) is 0.486. The van der Waals surface area contributed by atoms with Crippen LogP contribution in [0.15, 0.2) is 49.1 Å². The number of pyridine rings is 1. The van der Waals surface area contributed by atoms with Gasteiger partial charge in [0.05, 0.1) is 29.2 Å². The van der Waals surface area contributed by atoms with Crippen molar-refractivity contribution >= 4 is 28.4 Å². The quantitative estimate of drug-likeness (QED) is 0.407. The summed E-state index contributed by atoms with van der Waals surface area (Å²) in [6, 6.07) is 7.99. The minimum atomic E-state index is -0.392. The van der Waals surface area contributed by atoms with E-state index in [2.05, 4.69) is 25.7 Å². The van der Waals surface area contributed by atoms with Gasteiger partial charge in [0.15, 0.2) is 5.82 Å². The molecular weight excluding hydrogens is 463 g/mol. The molecule has 4 aromatic rings. The molecule has 36 heavy (non-hydrogen) atoms. The molecule has 0 aliphatic carbocycles. The first-order chi connectivity index (χ1) is 17.5. The number of aromatic nitrogens is 5. The van der Waals surface area contributed by atoms with E-state index in [0.717, 1.165) is 18.7 Å². The zero-order valence-electron chi connectivity index (χ0n) is 20.1. The van der Waals surface area contributed by atoms with Gasteiger partial charge in [0.1, 0.15) is 30.0 Å². The number of anilines is 2. The third-order valence-electron chi connectivity index (χ3n) is 5.74. The number of nitrogens with zero attached hydrogens (tertiary/aromatic N) is 6. The Kier molecular flexibility index (Phi) is 6.72. The molecule has 0 atom stereocenters. The number of ether oxygens (including phenoxy) is 1. The molecule has 10 nitrogen and oxygen atoms in total. The predicted octanol–water partition coefficient (Wildman–Crippen LogP) is 2.99. The van der Waals surface area contributed by atoms with Crippen LogP contribution in [-0.4, -0.2) is 67.8 Å². The zero-order valence-corrected chi connectivity index (χ0v) is 20.1. The van der Waals surface area contributed by atoms with E-state index in [1.165, 1.54) is 18.5 Å². The third kappa shape index (κ3) is 5.25. The Morgan fingerprint density at radius 1 is 1.19 bits per heavy atom. The molecule has 4 heterocycles. The summed E-state index contributed by atoms with van der Waals surface area (Å²) in [4.78, 5) is 27.9. The van der Waals surface area contributed by atoms with E-state index in [4.69, 9.17) is 9.72 Å². The van der Waals surface area contributed by atoms with Crippen molar-refractivity contribution in [1.82, 2.24) is 34.9 Å². The van der Waals surface area contributed by atoms with Crippen LogP contribution in [0.2, 0.25) is 0 Å². The first-order valence-electron chi connectivity index (χ1n) is 11.8. The second-order valence-corrected chi connectivity index (χ2v) is 8.78. The SMILES string of the molecule is CC(C)Oc1cc(F)ccc1Nc1ncnc2ccc(-c3cnn(CC(=O)N4CCNCC4)c3)nc12. The maximum absolute atomic E-state index is 13.8. The van der Waals surface area contributed by atoms with E-state index in [1.807, 2.05) is 30.9 Å². The number of hydrogen-bond acceptors (Lipinski definition) is 8. The van der Waals surface area contributed by atoms with E-state index in [9.17, 15) is 9.18 Å². The Bertz CT molecular complexity index is 1380. The molecule has 11 heteroatoms. The van der Waals surface area contributed by atoms with Crippen molar-refractivity contribution in [2.75, 3.05) is 31.5 Å². The molecule has 0 spiro atoms. The van der Waals surface area contributed by atoms with Crippen molar-refractivity contribution in [3.8, 4) is 17.0 Å². The fourth-order valence-corrected chi connectivity index (χ4v) is 4.01. The Morgan fingerprint density at radius 3 is 2.83 bits per heavy atom. The molecule has 1 amide bonds. The molecule has 1 aliphatic rings. The lowest BCUT2D eigenvalue weighted by Gasteiger charge is -2.27. The van der Waals surface area contributed by atoms with Crippen molar-refractivity contribution in [3.05, 3.63) is 54.9 Å². The molecular formula is C25H27FN8O2. The monoisotopic (exact) mass is 490 g/mol. The van der Waals surface area contributed by atoms with Gasteiger partial charge in [-0.1, -0.05) is 0 Å². The normalized spacial score (nSPS) is 13.8. The topological polar surface area (TPSA) is 110 Å². The minimum Gasteiger partial charge on any atom is -0.489 e. The molecule has 0 radical (unpaired) electrons. The maximum atomic E-state index is 13.8. The molecule has 0 saturated carbocycles. The van der Waals surface area contributed by atoms with E-state index >= 15 is 0 Å². The van der Waals surface area contributed by atoms with Crippen molar-refractivity contribution in [2.45, 2.75) is 26.5 Å². The average Bonchev–Trinajstić information content (AvgIpc) is 3.34. The number of hydrogen-bond donors (Lipinski definition) is 2. The van der Waals surface area contributed by atoms with Crippen LogP contribution in [-0.2, 0) is 11.3 Å². The molecule has 1 aliphatic heterocycles. The van der Waals surface area contributed by atoms with Gasteiger partial charge >= 0.3 is 0 Å². The van der Waals surface area contributed by atoms with Gasteiger partial charge < -0.3 is 20.3 Å². The van der Waals surface area contributed by atoms with Gasteiger partial charge in [0.25, 0.3) is 0 Å². The summed E-state index contributed by atoms with van der Waals surface area (Å²) < 4.78 is 21.2. The van der Waals surface area contributed by atoms with Crippen LogP contribution in [0, 0.1) is 5.82 Å². The summed E-state index contributed by atoms with van der Waals surface area (Å²) in [5.41, 5.74) is 3.19. The second kappa shape index (κ2) is 10.2. The summed E-state index contributed by atoms with van der Waals surface area (Å²) in [6.45, 7) is 6.93. The van der Waals surface area contributed by atoms with Crippen LogP contribution in [0.1, 0.15) is 13.8 Å². The largest absolute Gasteiger partial charge is 0.489 e. The lowest BCUT2D eigenvalue weighted by atomic mass is 10.2. The van der Waals surface area contributed by atoms with Crippen LogP contribution in [0.25, 0.3) is 22.3 Å². The summed E-state index contributed by atoms with van der Waals surface area (Å²) in [7, 11) is 0. The summed E-state index contributed by atoms with van der Waals surface area (Å²) in [6.07, 6.45) is 4.80. The van der Waals surface area contributed by atoms with Gasteiger partial charge in [0, 0.05) is 44.0 Å². The number of halogens is 1. The van der Waals surface area contributed by atoms with Crippen LogP contribution in [0.3, 0.4) is 0 Å². The summed E-state index contributed by atoms with van der Waals surface area (Å²) in [5, 5.41) is 10.8. The number of carbonyl (C=O) groups excluding carboxylic acids is 1. The molecule has 3 aromatic heterocycles. The van der Waals surface area contributed by atoms with Crippen molar-refractivity contribution < 1.29 is 13.9 Å². The number of carbonyl (C=O) groups is 1. The van der Waals surface area contributed by atoms with Crippen molar-refractivity contribution in [1.29, 1.82) is 0 Å². The highest BCUT2D eigenvalue weighted by Crippen LogP contribution is 2.31. The van der Waals surface area contributed by atoms with E-state index in [-0.39, 0.29) is 18.6 Å². The number of nitrogens with one attached hydrogen (secondary N) is 2. The second-order valence-electron chi connectivity index (χ2n) is 8.78. The van der Waals surface area contributed by atoms with Crippen LogP contribution >= 0.6 is 0 Å². The first kappa shape index (κ1) is 23.6. The van der Waals surface area contributed by atoms with E-state index in [1.54, 1.807) is 23.1 Å². The molecule has 1 saturated heterocycles. The van der Waals surface area contributed by atoms with Crippen LogP contribution in [0.5, 0.6) is 5.75 Å². The predicted molar refractivity (Wildman–Crippen MR) is 133 cm³/mol. The minimum absolute atomic E-state index is 0.0382. The van der Waals surface area contributed by atoms with Gasteiger partial charge in [-0.05, 0) is 38.1 Å². The van der Waals surface area contributed by atoms with Crippen LogP contribution < -0.4 is 15.4 Å². The van der Waals surface area contributed by atoms with Crippen molar-refractivity contribution in [3.63, 3.8) is 0 Å². The highest BCUT2D eigenvalue weighted by molar-refractivity contribution is 5.89. The number of rotatable bonds is 7. The highest BCUT2D eigenvalue weighted by Gasteiger charge is 2.18. The Hall–Kier alpha value is -4.12. The van der Waals surface area contributed by atoms with E-state index in [0.29, 0.717) is 47.1 Å². The molecule has 5 rings (SSSR count). The lowest BCUT2D eigenvalue weighted by molar-refractivity contribution is -0.132. The highest BCUT2D eigenvalue weighted by atomic mass is 19.1. The first-order valence-corrected chi connectivity index (χ1v) is 11.8. The molecule has 1 fully saturated rings. The lowest BCUT2D eigenvalue weighted by Crippen LogP contribution is -2.47. The number of benzene rings is 1. The fraction of sp³-hybridized carbons (Fsp3) is 0.320. The molecule has 186 valence electrons. The fourth-order valence-electron chi connectivity index (χ4n) is 4.01. The number of piperazine rings is 1. The standard InChI is InChI=1S/C25H27FN8O2/c1-16(2)36-22-11-18(26)3-4-20(22)32-25-24-21(28-15-29-25)6-5-19(31-24)17-12-30-34(13-17)14-23(35)33-9-7-27-8-10-33/h3-6,11-13,15-16,27H,7-10,14H2,1-2H3,(H,28,29,32). The van der Waals surface area contributed by atoms with E-state index < -0.39 is 5.82 Å². The summed E-state index contributed by atoms with van der Waals surface area (Å²) >= 11 is 0. The number of amides is 1. The molecule has 1 aromatic carbocycles. The Labute approximate surface area is 207 Å². The van der Waals surface area contributed by atoms with Gasteiger partial charge in [0.2, 0.25) is 5.91 Å². The van der Waals surface area contributed by atoms with Crippen LogP contribution in [0.4, 0.5) is 15.9 Å². The van der Waals surface area contributed by atoms with Crippen molar-refractivity contribution in [2.24, 2.45) is 0 Å². The Balaban J connectivity index is 1.41. The third-order valence-corrected chi connectivity index (χ3v) is 5.74. The smallest absolute Gasteiger partial charge is 0.244 e. The molecule has 0 unspecified atom stereocenters. The van der Waals surface area contributed by atoms with Gasteiger partial charge in [-0.2, -0.15) is 5.10 Å². The van der Waals surface area contributed by atoms with Gasteiger partial charge in [-0.25, -0.2) is 19.3 Å². The zero-order chi connectivity index (χ0) is 25.1. The number of fused-ring (bicyclic) bond motifs is 1. The average molecular weight is 491 g/mol. The molecule has 2 N–H and O–H groups in total. The molecule has 0 bridgehead atoms.